The highest BCUT2D eigenvalue weighted by atomic mass is 16.6. The van der Waals surface area contributed by atoms with E-state index in [1.165, 1.54) is 6.07 Å². The number of nitro groups is 1. The predicted octanol–water partition coefficient (Wildman–Crippen LogP) is 1.59. The van der Waals surface area contributed by atoms with Crippen LogP contribution < -0.4 is 10.6 Å². The lowest BCUT2D eigenvalue weighted by atomic mass is 10.1. The van der Waals surface area contributed by atoms with Crippen LogP contribution in [0.2, 0.25) is 0 Å². The molecule has 6 nitrogen and oxygen atoms in total. The molecular weight excluding hydrogens is 234 g/mol. The maximum Gasteiger partial charge on any atom is 0.292 e. The lowest BCUT2D eigenvalue weighted by molar-refractivity contribution is -0.384. The van der Waals surface area contributed by atoms with Crippen molar-refractivity contribution in [1.82, 2.24) is 5.32 Å². The van der Waals surface area contributed by atoms with Crippen molar-refractivity contribution in [2.75, 3.05) is 11.9 Å². The Morgan fingerprint density at radius 3 is 2.94 bits per heavy atom. The molecule has 0 aromatic heterocycles. The Bertz CT molecular complexity index is 487. The van der Waals surface area contributed by atoms with Crippen LogP contribution in [-0.4, -0.2) is 23.4 Å². The first-order valence-electron chi connectivity index (χ1n) is 5.87. The largest absolute Gasteiger partial charge is 0.368 e. The Morgan fingerprint density at radius 1 is 1.50 bits per heavy atom. The monoisotopic (exact) mass is 249 g/mol. The van der Waals surface area contributed by atoms with Gasteiger partial charge in [0.2, 0.25) is 5.91 Å². The smallest absolute Gasteiger partial charge is 0.292 e. The molecule has 18 heavy (non-hydrogen) atoms. The summed E-state index contributed by atoms with van der Waals surface area (Å²) in [6.07, 6.45) is 1.57. The number of amides is 1. The van der Waals surface area contributed by atoms with Crippen LogP contribution in [0.5, 0.6) is 0 Å². The maximum absolute atomic E-state index is 11.6. The number of rotatable bonds is 3. The van der Waals surface area contributed by atoms with Crippen LogP contribution in [0.3, 0.4) is 0 Å². The van der Waals surface area contributed by atoms with E-state index in [9.17, 15) is 14.9 Å². The van der Waals surface area contributed by atoms with E-state index >= 15 is 0 Å². The molecule has 2 rings (SSSR count). The normalized spacial score (nSPS) is 19.2. The van der Waals surface area contributed by atoms with Crippen molar-refractivity contribution in [1.29, 1.82) is 0 Å². The standard InChI is InChI=1S/C12H15N3O3/c1-8-4-5-11(15(17)18)10(7-8)14-9-3-2-6-13-12(9)16/h4-5,7,9,14H,2-3,6H2,1H3,(H,13,16). The van der Waals surface area contributed by atoms with E-state index in [2.05, 4.69) is 10.6 Å². The fourth-order valence-electron chi connectivity index (χ4n) is 2.02. The zero-order chi connectivity index (χ0) is 13.1. The minimum absolute atomic E-state index is 0.000950. The molecule has 1 unspecified atom stereocenters. The Labute approximate surface area is 105 Å². The van der Waals surface area contributed by atoms with Gasteiger partial charge < -0.3 is 10.6 Å². The van der Waals surface area contributed by atoms with Crippen molar-refractivity contribution in [2.24, 2.45) is 0 Å². The molecule has 1 amide bonds. The lowest BCUT2D eigenvalue weighted by Gasteiger charge is -2.23. The van der Waals surface area contributed by atoms with E-state index < -0.39 is 4.92 Å². The molecule has 96 valence electrons. The average molecular weight is 249 g/mol. The number of aryl methyl sites for hydroxylation is 1. The summed E-state index contributed by atoms with van der Waals surface area (Å²) in [7, 11) is 0. The first kappa shape index (κ1) is 12.3. The molecule has 0 saturated carbocycles. The topological polar surface area (TPSA) is 84.3 Å². The second-order valence-corrected chi connectivity index (χ2v) is 4.41. The van der Waals surface area contributed by atoms with Gasteiger partial charge in [-0.3, -0.25) is 14.9 Å². The Hall–Kier alpha value is -2.11. The van der Waals surface area contributed by atoms with E-state index in [1.54, 1.807) is 12.1 Å². The van der Waals surface area contributed by atoms with E-state index in [-0.39, 0.29) is 17.6 Å². The number of benzene rings is 1. The van der Waals surface area contributed by atoms with E-state index in [4.69, 9.17) is 0 Å². The first-order valence-corrected chi connectivity index (χ1v) is 5.87. The third kappa shape index (κ3) is 2.58. The van der Waals surface area contributed by atoms with Crippen LogP contribution in [0.4, 0.5) is 11.4 Å². The summed E-state index contributed by atoms with van der Waals surface area (Å²) in [6, 6.07) is 4.45. The molecule has 1 saturated heterocycles. The molecule has 1 aromatic rings. The predicted molar refractivity (Wildman–Crippen MR) is 67.5 cm³/mol. The molecule has 1 aliphatic rings. The minimum atomic E-state index is -0.442. The van der Waals surface area contributed by atoms with E-state index in [0.717, 1.165) is 12.0 Å². The van der Waals surface area contributed by atoms with Crippen molar-refractivity contribution in [3.63, 3.8) is 0 Å². The van der Waals surface area contributed by atoms with Gasteiger partial charge in [0.15, 0.2) is 0 Å². The van der Waals surface area contributed by atoms with Crippen LogP contribution in [0.15, 0.2) is 18.2 Å². The van der Waals surface area contributed by atoms with Gasteiger partial charge in [-0.1, -0.05) is 6.07 Å². The molecule has 0 radical (unpaired) electrons. The zero-order valence-corrected chi connectivity index (χ0v) is 10.1. The van der Waals surface area contributed by atoms with Gasteiger partial charge in [-0.25, -0.2) is 0 Å². The number of hydrogen-bond donors (Lipinski definition) is 2. The first-order chi connectivity index (χ1) is 8.58. The van der Waals surface area contributed by atoms with Gasteiger partial charge in [0.25, 0.3) is 5.69 Å². The van der Waals surface area contributed by atoms with Gasteiger partial charge in [0.05, 0.1) is 4.92 Å². The van der Waals surface area contributed by atoms with E-state index in [0.29, 0.717) is 18.7 Å². The summed E-state index contributed by atoms with van der Waals surface area (Å²) in [6.45, 7) is 2.53. The Morgan fingerprint density at radius 2 is 2.28 bits per heavy atom. The highest BCUT2D eigenvalue weighted by molar-refractivity contribution is 5.86. The SMILES string of the molecule is Cc1ccc([N+](=O)[O-])c(NC2CCCNC2=O)c1. The second-order valence-electron chi connectivity index (χ2n) is 4.41. The van der Waals surface area contributed by atoms with Gasteiger partial charge in [-0.2, -0.15) is 0 Å². The number of nitrogens with zero attached hydrogens (tertiary/aromatic N) is 1. The third-order valence-corrected chi connectivity index (χ3v) is 2.96. The molecular formula is C12H15N3O3. The molecule has 0 spiro atoms. The maximum atomic E-state index is 11.6. The Kier molecular flexibility index (Phi) is 3.45. The van der Waals surface area contributed by atoms with Gasteiger partial charge >= 0.3 is 0 Å². The van der Waals surface area contributed by atoms with Crippen LogP contribution in [0, 0.1) is 17.0 Å². The van der Waals surface area contributed by atoms with Crippen LogP contribution in [0.25, 0.3) is 0 Å². The van der Waals surface area contributed by atoms with Crippen molar-refractivity contribution in [3.8, 4) is 0 Å². The van der Waals surface area contributed by atoms with Crippen molar-refractivity contribution in [3.05, 3.63) is 33.9 Å². The van der Waals surface area contributed by atoms with Gasteiger partial charge in [-0.05, 0) is 31.4 Å². The fraction of sp³-hybridized carbons (Fsp3) is 0.417. The van der Waals surface area contributed by atoms with Gasteiger partial charge in [0, 0.05) is 12.6 Å². The van der Waals surface area contributed by atoms with Gasteiger partial charge in [0.1, 0.15) is 11.7 Å². The molecule has 1 aliphatic heterocycles. The molecule has 1 fully saturated rings. The minimum Gasteiger partial charge on any atom is -0.368 e. The molecule has 0 bridgehead atoms. The zero-order valence-electron chi connectivity index (χ0n) is 10.1. The summed E-state index contributed by atoms with van der Waals surface area (Å²) in [5.74, 6) is -0.0999. The van der Waals surface area contributed by atoms with Crippen LogP contribution >= 0.6 is 0 Å². The second kappa shape index (κ2) is 5.03. The van der Waals surface area contributed by atoms with E-state index in [1.807, 2.05) is 6.92 Å². The fourth-order valence-corrected chi connectivity index (χ4v) is 2.02. The molecule has 1 atom stereocenters. The molecule has 0 aliphatic carbocycles. The Balaban J connectivity index is 2.24. The molecule has 6 heteroatoms. The molecule has 1 aromatic carbocycles. The summed E-state index contributed by atoms with van der Waals surface area (Å²) in [4.78, 5) is 22.1. The molecule has 2 N–H and O–H groups in total. The van der Waals surface area contributed by atoms with Crippen molar-refractivity contribution < 1.29 is 9.72 Å². The quantitative estimate of drug-likeness (QED) is 0.629. The number of nitrogens with one attached hydrogen (secondary N) is 2. The number of anilines is 1. The highest BCUT2D eigenvalue weighted by Gasteiger charge is 2.24. The lowest BCUT2D eigenvalue weighted by Crippen LogP contribution is -2.44. The van der Waals surface area contributed by atoms with Crippen LogP contribution in [0.1, 0.15) is 18.4 Å². The summed E-state index contributed by atoms with van der Waals surface area (Å²) in [5.41, 5.74) is 1.32. The van der Waals surface area contributed by atoms with Crippen molar-refractivity contribution in [2.45, 2.75) is 25.8 Å². The molecule has 1 heterocycles. The van der Waals surface area contributed by atoms with Crippen molar-refractivity contribution >= 4 is 17.3 Å². The number of carbonyl (C=O) groups is 1. The number of hydrogen-bond acceptors (Lipinski definition) is 4. The number of nitro benzene ring substituents is 1. The number of piperidine rings is 1. The van der Waals surface area contributed by atoms with Crippen LogP contribution in [-0.2, 0) is 4.79 Å². The number of carbonyl (C=O) groups excluding carboxylic acids is 1. The highest BCUT2D eigenvalue weighted by Crippen LogP contribution is 2.26. The summed E-state index contributed by atoms with van der Waals surface area (Å²) >= 11 is 0. The van der Waals surface area contributed by atoms with Gasteiger partial charge in [-0.15, -0.1) is 0 Å². The summed E-state index contributed by atoms with van der Waals surface area (Å²) < 4.78 is 0. The summed E-state index contributed by atoms with van der Waals surface area (Å²) in [5, 5.41) is 16.6. The third-order valence-electron chi connectivity index (χ3n) is 2.96. The average Bonchev–Trinajstić information content (AvgIpc) is 2.32.